The van der Waals surface area contributed by atoms with Crippen LogP contribution in [0.15, 0.2) is 59.7 Å². The topological polar surface area (TPSA) is 24.8 Å². The van der Waals surface area contributed by atoms with Gasteiger partial charge in [-0.25, -0.2) is 5.01 Å². The SMILES string of the molecule is C[C@H]1CCC[C@@]2(C1)Oc1ccccc1[C@@H]1CC(c3ccccc3)=NN12. The highest BCUT2D eigenvalue weighted by Crippen LogP contribution is 2.51. The lowest BCUT2D eigenvalue weighted by Gasteiger charge is -2.50. The maximum Gasteiger partial charge on any atom is 0.198 e. The lowest BCUT2D eigenvalue weighted by atomic mass is 9.81. The van der Waals surface area contributed by atoms with Crippen LogP contribution >= 0.6 is 0 Å². The van der Waals surface area contributed by atoms with Gasteiger partial charge in [0.1, 0.15) is 5.75 Å². The van der Waals surface area contributed by atoms with Gasteiger partial charge in [0.15, 0.2) is 5.72 Å². The molecule has 0 unspecified atom stereocenters. The van der Waals surface area contributed by atoms with Gasteiger partial charge in [0.2, 0.25) is 0 Å². The molecule has 3 atom stereocenters. The zero-order chi connectivity index (χ0) is 16.9. The molecule has 1 saturated carbocycles. The molecular formula is C22H24N2O. The van der Waals surface area contributed by atoms with Crippen molar-refractivity contribution in [3.05, 3.63) is 65.7 Å². The third kappa shape index (κ3) is 2.37. The molecule has 0 aromatic heterocycles. The molecule has 2 aliphatic heterocycles. The number of hydrogen-bond acceptors (Lipinski definition) is 3. The van der Waals surface area contributed by atoms with E-state index in [9.17, 15) is 0 Å². The smallest absolute Gasteiger partial charge is 0.198 e. The summed E-state index contributed by atoms with van der Waals surface area (Å²) in [5.74, 6) is 1.73. The van der Waals surface area contributed by atoms with E-state index in [0.717, 1.165) is 25.0 Å². The second-order valence-electron chi connectivity index (χ2n) is 7.76. The Morgan fingerprint density at radius 2 is 1.88 bits per heavy atom. The van der Waals surface area contributed by atoms with E-state index in [1.165, 1.54) is 29.7 Å². The zero-order valence-electron chi connectivity index (χ0n) is 14.7. The summed E-state index contributed by atoms with van der Waals surface area (Å²) < 4.78 is 6.65. The van der Waals surface area contributed by atoms with Crippen molar-refractivity contribution in [3.63, 3.8) is 0 Å². The standard InChI is InChI=1S/C22H24N2O/c1-16-8-7-13-22(15-16)24-20(18-11-5-6-12-21(18)25-22)14-19(23-24)17-9-3-2-4-10-17/h2-6,9-12,16,20H,7-8,13-15H2,1H3/t16-,20-,22-/m0/s1. The lowest BCUT2D eigenvalue weighted by Crippen LogP contribution is -2.55. The Labute approximate surface area is 149 Å². The Bertz CT molecular complexity index is 816. The number of hydrazone groups is 1. The molecule has 128 valence electrons. The second kappa shape index (κ2) is 5.62. The first-order chi connectivity index (χ1) is 12.3. The van der Waals surface area contributed by atoms with Crippen LogP contribution in [-0.4, -0.2) is 16.4 Å². The predicted octanol–water partition coefficient (Wildman–Crippen LogP) is 5.14. The first kappa shape index (κ1) is 15.0. The first-order valence-electron chi connectivity index (χ1n) is 9.45. The summed E-state index contributed by atoms with van der Waals surface area (Å²) in [6.45, 7) is 2.34. The van der Waals surface area contributed by atoms with Crippen molar-refractivity contribution >= 4 is 5.71 Å². The molecule has 2 heterocycles. The minimum atomic E-state index is -0.271. The molecule has 1 aliphatic carbocycles. The van der Waals surface area contributed by atoms with Gasteiger partial charge < -0.3 is 4.74 Å². The van der Waals surface area contributed by atoms with Crippen LogP contribution in [0.3, 0.4) is 0 Å². The molecule has 0 saturated heterocycles. The number of rotatable bonds is 1. The average Bonchev–Trinajstić information content (AvgIpc) is 3.09. The van der Waals surface area contributed by atoms with Gasteiger partial charge >= 0.3 is 0 Å². The zero-order valence-corrected chi connectivity index (χ0v) is 14.7. The summed E-state index contributed by atoms with van der Waals surface area (Å²) in [6, 6.07) is 19.4. The van der Waals surface area contributed by atoms with Gasteiger partial charge in [-0.3, -0.25) is 0 Å². The van der Waals surface area contributed by atoms with Crippen molar-refractivity contribution in [2.75, 3.05) is 0 Å². The van der Waals surface area contributed by atoms with Crippen LogP contribution in [0.4, 0.5) is 0 Å². The Morgan fingerprint density at radius 3 is 2.72 bits per heavy atom. The largest absolute Gasteiger partial charge is 0.466 e. The highest BCUT2D eigenvalue weighted by atomic mass is 16.5. The van der Waals surface area contributed by atoms with E-state index < -0.39 is 0 Å². The summed E-state index contributed by atoms with van der Waals surface area (Å²) in [5, 5.41) is 7.43. The summed E-state index contributed by atoms with van der Waals surface area (Å²) in [4.78, 5) is 0. The van der Waals surface area contributed by atoms with E-state index in [2.05, 4.69) is 66.5 Å². The number of ether oxygens (including phenoxy) is 1. The molecule has 5 rings (SSSR count). The molecule has 0 amide bonds. The fraction of sp³-hybridized carbons (Fsp3) is 0.409. The van der Waals surface area contributed by atoms with E-state index >= 15 is 0 Å². The summed E-state index contributed by atoms with van der Waals surface area (Å²) in [5.41, 5.74) is 3.42. The molecule has 0 radical (unpaired) electrons. The predicted molar refractivity (Wildman–Crippen MR) is 99.6 cm³/mol. The summed E-state index contributed by atoms with van der Waals surface area (Å²) >= 11 is 0. The van der Waals surface area contributed by atoms with Crippen molar-refractivity contribution < 1.29 is 4.74 Å². The molecule has 3 aliphatic rings. The fourth-order valence-corrected chi connectivity index (χ4v) is 4.81. The van der Waals surface area contributed by atoms with E-state index in [1.54, 1.807) is 0 Å². The first-order valence-corrected chi connectivity index (χ1v) is 9.45. The molecule has 0 N–H and O–H groups in total. The maximum atomic E-state index is 6.65. The van der Waals surface area contributed by atoms with Crippen molar-refractivity contribution in [3.8, 4) is 5.75 Å². The van der Waals surface area contributed by atoms with E-state index in [4.69, 9.17) is 9.84 Å². The molecule has 0 bridgehead atoms. The Balaban J connectivity index is 1.61. The minimum Gasteiger partial charge on any atom is -0.466 e. The van der Waals surface area contributed by atoms with Gasteiger partial charge in [0, 0.05) is 24.8 Å². The molecule has 1 spiro atoms. The maximum absolute atomic E-state index is 6.65. The number of nitrogens with zero attached hydrogens (tertiary/aromatic N) is 2. The summed E-state index contributed by atoms with van der Waals surface area (Å²) in [6.07, 6.45) is 5.58. The minimum absolute atomic E-state index is 0.271. The number of fused-ring (bicyclic) bond motifs is 4. The highest BCUT2D eigenvalue weighted by molar-refractivity contribution is 6.01. The Hall–Kier alpha value is -2.29. The van der Waals surface area contributed by atoms with Gasteiger partial charge in [-0.1, -0.05) is 61.9 Å². The normalized spacial score (nSPS) is 30.4. The second-order valence-corrected chi connectivity index (χ2v) is 7.76. The van der Waals surface area contributed by atoms with Gasteiger partial charge in [-0.05, 0) is 24.0 Å². The molecule has 1 fully saturated rings. The van der Waals surface area contributed by atoms with Crippen LogP contribution < -0.4 is 4.74 Å². The van der Waals surface area contributed by atoms with Crippen molar-refractivity contribution in [1.82, 2.24) is 5.01 Å². The Kier molecular flexibility index (Phi) is 3.37. The quantitative estimate of drug-likeness (QED) is 0.722. The monoisotopic (exact) mass is 332 g/mol. The van der Waals surface area contributed by atoms with Gasteiger partial charge in [0.05, 0.1) is 11.8 Å². The fourth-order valence-electron chi connectivity index (χ4n) is 4.81. The number of para-hydroxylation sites is 1. The highest BCUT2D eigenvalue weighted by Gasteiger charge is 2.51. The van der Waals surface area contributed by atoms with Crippen molar-refractivity contribution in [2.24, 2.45) is 11.0 Å². The van der Waals surface area contributed by atoms with Crippen LogP contribution in [0.2, 0.25) is 0 Å². The van der Waals surface area contributed by atoms with Crippen LogP contribution in [0.5, 0.6) is 5.75 Å². The molecule has 25 heavy (non-hydrogen) atoms. The Morgan fingerprint density at radius 1 is 1.08 bits per heavy atom. The van der Waals surface area contributed by atoms with Crippen molar-refractivity contribution in [2.45, 2.75) is 50.8 Å². The van der Waals surface area contributed by atoms with Crippen molar-refractivity contribution in [1.29, 1.82) is 0 Å². The molecule has 3 heteroatoms. The van der Waals surface area contributed by atoms with Crippen LogP contribution in [0.1, 0.15) is 56.2 Å². The van der Waals surface area contributed by atoms with Gasteiger partial charge in [-0.15, -0.1) is 0 Å². The third-order valence-electron chi connectivity index (χ3n) is 5.94. The number of benzene rings is 2. The van der Waals surface area contributed by atoms with Crippen LogP contribution in [-0.2, 0) is 0 Å². The van der Waals surface area contributed by atoms with Gasteiger partial charge in [-0.2, -0.15) is 5.10 Å². The van der Waals surface area contributed by atoms with E-state index in [-0.39, 0.29) is 5.72 Å². The average molecular weight is 332 g/mol. The molecule has 3 nitrogen and oxygen atoms in total. The molecule has 2 aromatic carbocycles. The van der Waals surface area contributed by atoms with E-state index in [0.29, 0.717) is 12.0 Å². The molecule has 2 aromatic rings. The molecular weight excluding hydrogens is 308 g/mol. The van der Waals surface area contributed by atoms with Gasteiger partial charge in [0.25, 0.3) is 0 Å². The van der Waals surface area contributed by atoms with Crippen LogP contribution in [0, 0.1) is 5.92 Å². The third-order valence-corrected chi connectivity index (χ3v) is 5.94. The van der Waals surface area contributed by atoms with Crippen LogP contribution in [0.25, 0.3) is 0 Å². The number of hydrogen-bond donors (Lipinski definition) is 0. The lowest BCUT2D eigenvalue weighted by molar-refractivity contribution is -0.149. The summed E-state index contributed by atoms with van der Waals surface area (Å²) in [7, 11) is 0. The van der Waals surface area contributed by atoms with E-state index in [1.807, 2.05) is 0 Å².